The van der Waals surface area contributed by atoms with Gasteiger partial charge in [-0.1, -0.05) is 43.1 Å². The summed E-state index contributed by atoms with van der Waals surface area (Å²) in [6, 6.07) is 14.1. The number of pyridine rings is 1. The van der Waals surface area contributed by atoms with Crippen LogP contribution in [0.1, 0.15) is 32.9 Å². The number of hydrogen-bond donors (Lipinski definition) is 2. The largest absolute Gasteiger partial charge is 0.494 e. The Bertz CT molecular complexity index is 1390. The number of piperazine rings is 1. The molecule has 12 heteroatoms. The van der Waals surface area contributed by atoms with Crippen LogP contribution >= 0.6 is 31.0 Å². The first-order valence-corrected chi connectivity index (χ1v) is 15.3. The van der Waals surface area contributed by atoms with Gasteiger partial charge < -0.3 is 19.4 Å². The fourth-order valence-electron chi connectivity index (χ4n) is 4.77. The Balaban J connectivity index is 1.31. The van der Waals surface area contributed by atoms with Crippen LogP contribution in [0.4, 0.5) is 5.69 Å². The number of benzene rings is 2. The van der Waals surface area contributed by atoms with E-state index in [0.717, 1.165) is 56.6 Å². The summed E-state index contributed by atoms with van der Waals surface area (Å²) >= 11 is 12.5. The minimum atomic E-state index is -4.82. The van der Waals surface area contributed by atoms with Gasteiger partial charge in [-0.15, -0.1) is 0 Å². The predicted octanol–water partition coefficient (Wildman–Crippen LogP) is 5.55. The first kappa shape index (κ1) is 29.9. The molecule has 1 aliphatic heterocycles. The topological polar surface area (TPSA) is 104 Å². The highest BCUT2D eigenvalue weighted by Crippen LogP contribution is 2.43. The molecule has 2 heterocycles. The van der Waals surface area contributed by atoms with Crippen molar-refractivity contribution in [1.29, 1.82) is 0 Å². The third-order valence-electron chi connectivity index (χ3n) is 6.76. The van der Waals surface area contributed by atoms with Crippen LogP contribution in [0.5, 0.6) is 5.75 Å². The molecular weight excluding hydrogens is 564 g/mol. The van der Waals surface area contributed by atoms with Gasteiger partial charge in [0.25, 0.3) is 5.56 Å². The number of ether oxygens (including phenoxy) is 1. The lowest BCUT2D eigenvalue weighted by Crippen LogP contribution is -2.46. The molecule has 1 aliphatic rings. The molecule has 0 saturated carbocycles. The van der Waals surface area contributed by atoms with Crippen molar-refractivity contribution in [2.75, 3.05) is 44.2 Å². The Morgan fingerprint density at radius 2 is 1.72 bits per heavy atom. The van der Waals surface area contributed by atoms with Gasteiger partial charge in [0.05, 0.1) is 27.9 Å². The summed E-state index contributed by atoms with van der Waals surface area (Å²) in [6.45, 7) is 8.60. The van der Waals surface area contributed by atoms with Crippen molar-refractivity contribution in [3.63, 3.8) is 0 Å². The number of rotatable bonds is 11. The number of aromatic nitrogens is 1. The maximum atomic E-state index is 12.7. The lowest BCUT2D eigenvalue weighted by molar-refractivity contribution is 0.0477. The van der Waals surface area contributed by atoms with Gasteiger partial charge in [0.15, 0.2) is 6.23 Å². The summed E-state index contributed by atoms with van der Waals surface area (Å²) in [7, 11) is -4.82. The van der Waals surface area contributed by atoms with E-state index in [2.05, 4.69) is 9.80 Å². The predicted molar refractivity (Wildman–Crippen MR) is 155 cm³/mol. The second-order valence-corrected chi connectivity index (χ2v) is 11.9. The standard InChI is InChI=1S/C27H34Cl2N3O6P/c1-19(2)27(38-39(34,35)36)32-24-18-21(10-8-20(24)9-11-25(32)33)37-17-4-3-12-30-13-15-31(16-14-30)23-7-5-6-22(28)26(23)29/h5-11,18-19,27H,3-4,12-17H2,1-2H3,(H2,34,35,36). The number of phosphoric ester groups is 1. The summed E-state index contributed by atoms with van der Waals surface area (Å²) in [5.41, 5.74) is 1.06. The van der Waals surface area contributed by atoms with Crippen LogP contribution in [-0.2, 0) is 9.09 Å². The molecule has 0 spiro atoms. The van der Waals surface area contributed by atoms with Crippen molar-refractivity contribution in [2.24, 2.45) is 5.92 Å². The molecule has 1 atom stereocenters. The molecule has 212 valence electrons. The van der Waals surface area contributed by atoms with Gasteiger partial charge in [-0.05, 0) is 61.0 Å². The number of anilines is 1. The highest BCUT2D eigenvalue weighted by molar-refractivity contribution is 7.46. The number of fused-ring (bicyclic) bond motifs is 1. The van der Waals surface area contributed by atoms with Crippen LogP contribution in [0, 0.1) is 5.92 Å². The van der Waals surface area contributed by atoms with Crippen molar-refractivity contribution in [3.8, 4) is 5.75 Å². The van der Waals surface area contributed by atoms with E-state index < -0.39 is 19.6 Å². The summed E-state index contributed by atoms with van der Waals surface area (Å²) in [4.78, 5) is 36.2. The Labute approximate surface area is 238 Å². The van der Waals surface area contributed by atoms with Crippen molar-refractivity contribution in [3.05, 3.63) is 68.9 Å². The highest BCUT2D eigenvalue weighted by Gasteiger charge is 2.28. The molecule has 4 rings (SSSR count). The van der Waals surface area contributed by atoms with Crippen LogP contribution in [0.2, 0.25) is 10.0 Å². The SMILES string of the molecule is CC(C)C(OP(=O)(O)O)n1c(=O)ccc2ccc(OCCCCN3CCN(c4cccc(Cl)c4Cl)CC3)cc21. The zero-order valence-electron chi connectivity index (χ0n) is 22.0. The highest BCUT2D eigenvalue weighted by atomic mass is 35.5. The van der Waals surface area contributed by atoms with Gasteiger partial charge in [-0.25, -0.2) is 4.57 Å². The van der Waals surface area contributed by atoms with Gasteiger partial charge in [0.1, 0.15) is 5.75 Å². The molecule has 3 aromatic rings. The monoisotopic (exact) mass is 597 g/mol. The molecule has 0 aliphatic carbocycles. The van der Waals surface area contributed by atoms with E-state index in [1.165, 1.54) is 10.6 Å². The number of halogens is 2. The van der Waals surface area contributed by atoms with E-state index in [-0.39, 0.29) is 5.92 Å². The van der Waals surface area contributed by atoms with Gasteiger partial charge in [0.2, 0.25) is 0 Å². The molecule has 0 amide bonds. The number of unbranched alkanes of at least 4 members (excludes halogenated alkanes) is 1. The Hall–Kier alpha value is -2.10. The van der Waals surface area contributed by atoms with E-state index in [1.54, 1.807) is 32.0 Å². The van der Waals surface area contributed by atoms with Crippen molar-refractivity contribution < 1.29 is 23.6 Å². The molecule has 0 bridgehead atoms. The molecule has 2 aromatic carbocycles. The lowest BCUT2D eigenvalue weighted by Gasteiger charge is -2.36. The lowest BCUT2D eigenvalue weighted by atomic mass is 10.1. The molecule has 9 nitrogen and oxygen atoms in total. The number of hydrogen-bond acceptors (Lipinski definition) is 6. The number of nitrogens with zero attached hydrogens (tertiary/aromatic N) is 3. The Kier molecular flexibility index (Phi) is 9.99. The van der Waals surface area contributed by atoms with E-state index in [4.69, 9.17) is 32.5 Å². The third-order valence-corrected chi connectivity index (χ3v) is 8.06. The maximum absolute atomic E-state index is 12.7. The molecule has 0 radical (unpaired) electrons. The summed E-state index contributed by atoms with van der Waals surface area (Å²) in [5.74, 6) is 0.211. The second kappa shape index (κ2) is 13.0. The minimum absolute atomic E-state index is 0.366. The average molecular weight is 598 g/mol. The quantitative estimate of drug-likeness (QED) is 0.219. The summed E-state index contributed by atoms with van der Waals surface area (Å²) in [5, 5.41) is 1.91. The Morgan fingerprint density at radius 1 is 1.00 bits per heavy atom. The van der Waals surface area contributed by atoms with Crippen LogP contribution < -0.4 is 15.2 Å². The third kappa shape index (κ3) is 7.76. The fourth-order valence-corrected chi connectivity index (χ4v) is 5.80. The van der Waals surface area contributed by atoms with E-state index in [1.807, 2.05) is 24.3 Å². The normalized spacial score (nSPS) is 15.7. The number of phosphoric acid groups is 1. The van der Waals surface area contributed by atoms with E-state index in [9.17, 15) is 19.1 Å². The van der Waals surface area contributed by atoms with Gasteiger partial charge in [0, 0.05) is 38.3 Å². The van der Waals surface area contributed by atoms with Crippen molar-refractivity contribution >= 4 is 47.6 Å². The molecule has 39 heavy (non-hydrogen) atoms. The second-order valence-electron chi connectivity index (χ2n) is 9.95. The van der Waals surface area contributed by atoms with Crippen LogP contribution in [-0.4, -0.2) is 58.6 Å². The fraction of sp³-hybridized carbons (Fsp3) is 0.444. The van der Waals surface area contributed by atoms with Crippen molar-refractivity contribution in [1.82, 2.24) is 9.47 Å². The van der Waals surface area contributed by atoms with E-state index in [0.29, 0.717) is 27.9 Å². The van der Waals surface area contributed by atoms with Gasteiger partial charge in [-0.2, -0.15) is 0 Å². The summed E-state index contributed by atoms with van der Waals surface area (Å²) in [6.07, 6.45) is 0.699. The first-order valence-electron chi connectivity index (χ1n) is 13.0. The zero-order valence-corrected chi connectivity index (χ0v) is 24.4. The smallest absolute Gasteiger partial charge is 0.471 e. The van der Waals surface area contributed by atoms with Gasteiger partial charge in [-0.3, -0.25) is 18.8 Å². The molecule has 1 aromatic heterocycles. The first-order chi connectivity index (χ1) is 18.5. The molecule has 1 saturated heterocycles. The average Bonchev–Trinajstić information content (AvgIpc) is 2.89. The maximum Gasteiger partial charge on any atom is 0.471 e. The molecular formula is C27H34Cl2N3O6P. The van der Waals surface area contributed by atoms with Crippen molar-refractivity contribution in [2.45, 2.75) is 32.9 Å². The van der Waals surface area contributed by atoms with Crippen LogP contribution in [0.25, 0.3) is 10.9 Å². The van der Waals surface area contributed by atoms with Crippen LogP contribution in [0.15, 0.2) is 53.3 Å². The summed E-state index contributed by atoms with van der Waals surface area (Å²) < 4.78 is 23.8. The minimum Gasteiger partial charge on any atom is -0.494 e. The van der Waals surface area contributed by atoms with E-state index >= 15 is 0 Å². The molecule has 1 fully saturated rings. The molecule has 2 N–H and O–H groups in total. The van der Waals surface area contributed by atoms with Crippen LogP contribution in [0.3, 0.4) is 0 Å². The zero-order chi connectivity index (χ0) is 28.2. The molecule has 1 unspecified atom stereocenters. The van der Waals surface area contributed by atoms with Gasteiger partial charge >= 0.3 is 7.82 Å². The Morgan fingerprint density at radius 3 is 2.41 bits per heavy atom.